The van der Waals surface area contributed by atoms with Crippen LogP contribution in [0.1, 0.15) is 36.5 Å². The summed E-state index contributed by atoms with van der Waals surface area (Å²) in [4.78, 5) is 12.2. The molecule has 2 rings (SSSR count). The third kappa shape index (κ3) is 5.00. The van der Waals surface area contributed by atoms with Crippen LogP contribution in [0.4, 0.5) is 5.69 Å². The third-order valence-electron chi connectivity index (χ3n) is 3.95. The largest absolute Gasteiger partial charge is 0.494 e. The fourth-order valence-corrected chi connectivity index (χ4v) is 2.65. The van der Waals surface area contributed by atoms with Gasteiger partial charge in [0, 0.05) is 17.1 Å². The first-order chi connectivity index (χ1) is 11.5. The second-order valence-electron chi connectivity index (χ2n) is 5.87. The summed E-state index contributed by atoms with van der Waals surface area (Å²) >= 11 is 5.99. The van der Waals surface area contributed by atoms with Crippen molar-refractivity contribution in [2.24, 2.45) is 0 Å². The number of amides is 1. The summed E-state index contributed by atoms with van der Waals surface area (Å²) in [5, 5.41) is 3.76. The van der Waals surface area contributed by atoms with E-state index in [1.807, 2.05) is 44.2 Å². The van der Waals surface area contributed by atoms with Gasteiger partial charge in [-0.15, -0.1) is 0 Å². The van der Waals surface area contributed by atoms with E-state index in [2.05, 4.69) is 18.3 Å². The Bertz CT molecular complexity index is 713. The lowest BCUT2D eigenvalue weighted by atomic mass is 10.1. The topological polar surface area (TPSA) is 38.3 Å². The molecule has 2 aromatic carbocycles. The molecule has 0 aromatic heterocycles. The smallest absolute Gasteiger partial charge is 0.224 e. The number of ether oxygens (including phenoxy) is 1. The Morgan fingerprint density at radius 3 is 2.67 bits per heavy atom. The van der Waals surface area contributed by atoms with Crippen molar-refractivity contribution in [3.63, 3.8) is 0 Å². The number of rotatable bonds is 7. The first-order valence-corrected chi connectivity index (χ1v) is 8.66. The molecule has 0 saturated carbocycles. The van der Waals surface area contributed by atoms with Gasteiger partial charge in [0.2, 0.25) is 5.91 Å². The number of hydrogen-bond acceptors (Lipinski definition) is 2. The zero-order valence-corrected chi connectivity index (χ0v) is 15.2. The molecule has 0 aliphatic rings. The van der Waals surface area contributed by atoms with Crippen LogP contribution in [-0.4, -0.2) is 12.5 Å². The van der Waals surface area contributed by atoms with Crippen LogP contribution < -0.4 is 10.1 Å². The van der Waals surface area contributed by atoms with Gasteiger partial charge < -0.3 is 10.1 Å². The second-order valence-corrected chi connectivity index (χ2v) is 6.28. The molecule has 0 heterocycles. The fourth-order valence-electron chi connectivity index (χ4n) is 2.53. The van der Waals surface area contributed by atoms with Crippen LogP contribution in [0.3, 0.4) is 0 Å². The highest BCUT2D eigenvalue weighted by Gasteiger charge is 2.08. The van der Waals surface area contributed by atoms with E-state index in [1.165, 1.54) is 0 Å². The lowest BCUT2D eigenvalue weighted by molar-refractivity contribution is -0.116. The van der Waals surface area contributed by atoms with E-state index < -0.39 is 0 Å². The number of nitrogens with one attached hydrogen (secondary N) is 1. The van der Waals surface area contributed by atoms with Gasteiger partial charge in [0.25, 0.3) is 0 Å². The highest BCUT2D eigenvalue weighted by atomic mass is 35.5. The van der Waals surface area contributed by atoms with Crippen LogP contribution in [0.2, 0.25) is 5.02 Å². The Morgan fingerprint density at radius 1 is 1.17 bits per heavy atom. The molecule has 1 N–H and O–H groups in total. The number of anilines is 1. The first kappa shape index (κ1) is 18.3. The van der Waals surface area contributed by atoms with Crippen molar-refractivity contribution in [3.8, 4) is 5.75 Å². The van der Waals surface area contributed by atoms with Gasteiger partial charge in [-0.25, -0.2) is 0 Å². The average molecular weight is 346 g/mol. The lowest BCUT2D eigenvalue weighted by Crippen LogP contribution is -2.15. The zero-order valence-electron chi connectivity index (χ0n) is 14.5. The minimum Gasteiger partial charge on any atom is -0.494 e. The van der Waals surface area contributed by atoms with Crippen molar-refractivity contribution in [2.75, 3.05) is 11.9 Å². The van der Waals surface area contributed by atoms with Crippen molar-refractivity contribution in [2.45, 2.75) is 40.0 Å². The Hall–Kier alpha value is -2.00. The normalized spacial score (nSPS) is 10.5. The molecule has 1 amide bonds. The average Bonchev–Trinajstić information content (AvgIpc) is 2.56. The van der Waals surface area contributed by atoms with Gasteiger partial charge in [0.15, 0.2) is 0 Å². The fraction of sp³-hybridized carbons (Fsp3) is 0.350. The van der Waals surface area contributed by atoms with Gasteiger partial charge in [-0.05, 0) is 61.6 Å². The van der Waals surface area contributed by atoms with E-state index in [0.717, 1.165) is 39.6 Å². The van der Waals surface area contributed by atoms with Crippen molar-refractivity contribution >= 4 is 23.2 Å². The SMILES string of the molecule is CCc1cccc(C)c1NC(=O)CCCOc1ccc(Cl)c(C)c1. The number of carbonyl (C=O) groups is 1. The van der Waals surface area contributed by atoms with Crippen molar-refractivity contribution in [3.05, 3.63) is 58.1 Å². The Kier molecular flexibility index (Phi) is 6.68. The summed E-state index contributed by atoms with van der Waals surface area (Å²) < 4.78 is 5.67. The maximum absolute atomic E-state index is 12.2. The number of aryl methyl sites for hydroxylation is 3. The predicted octanol–water partition coefficient (Wildman–Crippen LogP) is 5.32. The zero-order chi connectivity index (χ0) is 17.5. The van der Waals surface area contributed by atoms with Crippen LogP contribution in [0.25, 0.3) is 0 Å². The van der Waals surface area contributed by atoms with Crippen LogP contribution in [0.15, 0.2) is 36.4 Å². The number of halogens is 1. The molecule has 0 aliphatic carbocycles. The molecule has 0 spiro atoms. The van der Waals surface area contributed by atoms with Crippen molar-refractivity contribution < 1.29 is 9.53 Å². The van der Waals surface area contributed by atoms with Crippen LogP contribution in [-0.2, 0) is 11.2 Å². The summed E-state index contributed by atoms with van der Waals surface area (Å²) in [6.45, 7) is 6.55. The molecule has 128 valence electrons. The van der Waals surface area contributed by atoms with E-state index >= 15 is 0 Å². The number of para-hydroxylation sites is 1. The molecular formula is C20H24ClNO2. The van der Waals surface area contributed by atoms with Gasteiger partial charge in [0.05, 0.1) is 6.61 Å². The maximum Gasteiger partial charge on any atom is 0.224 e. The molecule has 4 heteroatoms. The highest BCUT2D eigenvalue weighted by Crippen LogP contribution is 2.22. The minimum atomic E-state index is 0.0230. The standard InChI is InChI=1S/C20H24ClNO2/c1-4-16-8-5-7-14(2)20(16)22-19(23)9-6-12-24-17-10-11-18(21)15(3)13-17/h5,7-8,10-11,13H,4,6,9,12H2,1-3H3,(H,22,23). The molecule has 0 fully saturated rings. The van der Waals surface area contributed by atoms with Crippen LogP contribution in [0.5, 0.6) is 5.75 Å². The van der Waals surface area contributed by atoms with E-state index in [4.69, 9.17) is 16.3 Å². The quantitative estimate of drug-likeness (QED) is 0.690. The molecule has 3 nitrogen and oxygen atoms in total. The van der Waals surface area contributed by atoms with Crippen LogP contribution >= 0.6 is 11.6 Å². The molecule has 0 unspecified atom stereocenters. The maximum atomic E-state index is 12.2. The van der Waals surface area contributed by atoms with Crippen molar-refractivity contribution in [1.29, 1.82) is 0 Å². The van der Waals surface area contributed by atoms with Gasteiger partial charge in [-0.1, -0.05) is 36.7 Å². The highest BCUT2D eigenvalue weighted by molar-refractivity contribution is 6.31. The lowest BCUT2D eigenvalue weighted by Gasteiger charge is -2.13. The summed E-state index contributed by atoms with van der Waals surface area (Å²) in [6, 6.07) is 11.7. The van der Waals surface area contributed by atoms with E-state index in [0.29, 0.717) is 19.4 Å². The number of benzene rings is 2. The molecule has 0 aliphatic heterocycles. The summed E-state index contributed by atoms with van der Waals surface area (Å²) in [5.41, 5.74) is 4.18. The summed E-state index contributed by atoms with van der Waals surface area (Å²) in [6.07, 6.45) is 2.00. The molecule has 0 bridgehead atoms. The van der Waals surface area contributed by atoms with Gasteiger partial charge in [0.1, 0.15) is 5.75 Å². The van der Waals surface area contributed by atoms with E-state index in [1.54, 1.807) is 0 Å². The van der Waals surface area contributed by atoms with Gasteiger partial charge in [-0.2, -0.15) is 0 Å². The monoisotopic (exact) mass is 345 g/mol. The van der Waals surface area contributed by atoms with E-state index in [9.17, 15) is 4.79 Å². The second kappa shape index (κ2) is 8.74. The Morgan fingerprint density at radius 2 is 1.96 bits per heavy atom. The third-order valence-corrected chi connectivity index (χ3v) is 4.37. The minimum absolute atomic E-state index is 0.0230. The van der Waals surface area contributed by atoms with Gasteiger partial charge >= 0.3 is 0 Å². The van der Waals surface area contributed by atoms with Gasteiger partial charge in [-0.3, -0.25) is 4.79 Å². The first-order valence-electron chi connectivity index (χ1n) is 8.28. The summed E-state index contributed by atoms with van der Waals surface area (Å²) in [7, 11) is 0. The molecule has 0 saturated heterocycles. The predicted molar refractivity (Wildman–Crippen MR) is 100 cm³/mol. The molecule has 24 heavy (non-hydrogen) atoms. The molecule has 0 atom stereocenters. The summed E-state index contributed by atoms with van der Waals surface area (Å²) in [5.74, 6) is 0.805. The number of hydrogen-bond donors (Lipinski definition) is 1. The van der Waals surface area contributed by atoms with E-state index in [-0.39, 0.29) is 5.91 Å². The van der Waals surface area contributed by atoms with Crippen molar-refractivity contribution in [1.82, 2.24) is 0 Å². The number of carbonyl (C=O) groups excluding carboxylic acids is 1. The van der Waals surface area contributed by atoms with Crippen LogP contribution in [0, 0.1) is 13.8 Å². The Balaban J connectivity index is 1.80. The molecular weight excluding hydrogens is 322 g/mol. The molecule has 0 radical (unpaired) electrons. The molecule has 2 aromatic rings. The Labute approximate surface area is 149 Å².